The Bertz CT molecular complexity index is 164. The standard InChI is InChI=1S/C10H20N2O/c1-2-8(7-10(11)13)12-9-5-3-4-6-9/h8-9,12H,2-7H2,1H3,(H2,11,13). The number of hydrogen-bond donors (Lipinski definition) is 2. The van der Waals surface area contributed by atoms with Gasteiger partial charge in [-0.1, -0.05) is 19.8 Å². The maximum absolute atomic E-state index is 10.7. The molecule has 1 rings (SSSR count). The molecule has 1 saturated carbocycles. The van der Waals surface area contributed by atoms with Crippen molar-refractivity contribution >= 4 is 5.91 Å². The van der Waals surface area contributed by atoms with Crippen molar-refractivity contribution in [3.63, 3.8) is 0 Å². The van der Waals surface area contributed by atoms with Gasteiger partial charge in [0.05, 0.1) is 0 Å². The molecule has 0 bridgehead atoms. The summed E-state index contributed by atoms with van der Waals surface area (Å²) in [6.07, 6.45) is 6.63. The highest BCUT2D eigenvalue weighted by Gasteiger charge is 2.18. The summed E-state index contributed by atoms with van der Waals surface area (Å²) in [6, 6.07) is 0.921. The lowest BCUT2D eigenvalue weighted by Crippen LogP contribution is -2.38. The van der Waals surface area contributed by atoms with Gasteiger partial charge in [-0.15, -0.1) is 0 Å². The van der Waals surface area contributed by atoms with E-state index in [9.17, 15) is 4.79 Å². The Morgan fingerprint density at radius 3 is 2.62 bits per heavy atom. The summed E-state index contributed by atoms with van der Waals surface area (Å²) in [6.45, 7) is 2.09. The van der Waals surface area contributed by atoms with Gasteiger partial charge in [0.15, 0.2) is 0 Å². The summed E-state index contributed by atoms with van der Waals surface area (Å²) in [5, 5.41) is 3.50. The number of carbonyl (C=O) groups excluding carboxylic acids is 1. The van der Waals surface area contributed by atoms with Crippen molar-refractivity contribution in [3.05, 3.63) is 0 Å². The Balaban J connectivity index is 2.25. The number of primary amides is 1. The third-order valence-corrected chi connectivity index (χ3v) is 2.77. The van der Waals surface area contributed by atoms with Crippen molar-refractivity contribution in [2.45, 2.75) is 57.5 Å². The normalized spacial score (nSPS) is 20.4. The van der Waals surface area contributed by atoms with Crippen LogP contribution in [0.2, 0.25) is 0 Å². The lowest BCUT2D eigenvalue weighted by atomic mass is 10.1. The minimum atomic E-state index is -0.197. The molecule has 3 N–H and O–H groups in total. The van der Waals surface area contributed by atoms with Gasteiger partial charge in [-0.3, -0.25) is 4.79 Å². The molecule has 3 nitrogen and oxygen atoms in total. The number of rotatable bonds is 5. The minimum absolute atomic E-state index is 0.197. The van der Waals surface area contributed by atoms with E-state index < -0.39 is 0 Å². The average Bonchev–Trinajstić information content (AvgIpc) is 2.55. The molecule has 0 aromatic rings. The highest BCUT2D eigenvalue weighted by molar-refractivity contribution is 5.74. The summed E-state index contributed by atoms with van der Waals surface area (Å²) < 4.78 is 0. The third kappa shape index (κ3) is 3.77. The molecule has 3 heteroatoms. The minimum Gasteiger partial charge on any atom is -0.370 e. The van der Waals surface area contributed by atoms with Gasteiger partial charge in [-0.05, 0) is 19.3 Å². The molecule has 0 spiro atoms. The quantitative estimate of drug-likeness (QED) is 0.674. The van der Waals surface area contributed by atoms with Gasteiger partial charge in [0.1, 0.15) is 0 Å². The van der Waals surface area contributed by atoms with Crippen molar-refractivity contribution in [3.8, 4) is 0 Å². The molecule has 1 amide bonds. The van der Waals surface area contributed by atoms with Crippen molar-refractivity contribution in [2.75, 3.05) is 0 Å². The molecule has 1 atom stereocenters. The van der Waals surface area contributed by atoms with Crippen LogP contribution in [0.5, 0.6) is 0 Å². The van der Waals surface area contributed by atoms with E-state index >= 15 is 0 Å². The summed E-state index contributed by atoms with van der Waals surface area (Å²) in [7, 11) is 0. The van der Waals surface area contributed by atoms with Gasteiger partial charge >= 0.3 is 0 Å². The zero-order valence-corrected chi connectivity index (χ0v) is 8.38. The van der Waals surface area contributed by atoms with Gasteiger partial charge < -0.3 is 11.1 Å². The number of hydrogen-bond acceptors (Lipinski definition) is 2. The van der Waals surface area contributed by atoms with Crippen LogP contribution < -0.4 is 11.1 Å². The van der Waals surface area contributed by atoms with Gasteiger partial charge in [0.2, 0.25) is 5.91 Å². The Morgan fingerprint density at radius 2 is 2.15 bits per heavy atom. The molecule has 1 aliphatic carbocycles. The van der Waals surface area contributed by atoms with Crippen LogP contribution >= 0.6 is 0 Å². The Labute approximate surface area is 80.1 Å². The van der Waals surface area contributed by atoms with E-state index in [1.807, 2.05) is 0 Å². The van der Waals surface area contributed by atoms with Crippen LogP contribution in [0.4, 0.5) is 0 Å². The fourth-order valence-electron chi connectivity index (χ4n) is 1.99. The van der Waals surface area contributed by atoms with Gasteiger partial charge in [0.25, 0.3) is 0 Å². The van der Waals surface area contributed by atoms with Crippen LogP contribution in [0.3, 0.4) is 0 Å². The number of nitrogens with two attached hydrogens (primary N) is 1. The van der Waals surface area contributed by atoms with E-state index in [1.165, 1.54) is 25.7 Å². The predicted octanol–water partition coefficient (Wildman–Crippen LogP) is 1.17. The molecule has 1 unspecified atom stereocenters. The molecule has 0 aliphatic heterocycles. The zero-order chi connectivity index (χ0) is 9.68. The molecule has 0 saturated heterocycles. The summed E-state index contributed by atoms with van der Waals surface area (Å²) in [4.78, 5) is 10.7. The maximum atomic E-state index is 10.7. The Morgan fingerprint density at radius 1 is 1.54 bits per heavy atom. The number of nitrogens with one attached hydrogen (secondary N) is 1. The third-order valence-electron chi connectivity index (χ3n) is 2.77. The van der Waals surface area contributed by atoms with E-state index in [0.717, 1.165) is 6.42 Å². The second kappa shape index (κ2) is 5.22. The topological polar surface area (TPSA) is 55.1 Å². The molecular formula is C10H20N2O. The van der Waals surface area contributed by atoms with Gasteiger partial charge in [-0.2, -0.15) is 0 Å². The van der Waals surface area contributed by atoms with E-state index in [0.29, 0.717) is 18.5 Å². The number of amides is 1. The fourth-order valence-corrected chi connectivity index (χ4v) is 1.99. The summed E-state index contributed by atoms with van der Waals surface area (Å²) in [5.41, 5.74) is 5.16. The smallest absolute Gasteiger partial charge is 0.218 e. The SMILES string of the molecule is CCC(CC(N)=O)NC1CCCC1. The zero-order valence-electron chi connectivity index (χ0n) is 8.38. The molecule has 76 valence electrons. The van der Waals surface area contributed by atoms with Crippen molar-refractivity contribution in [1.82, 2.24) is 5.32 Å². The molecule has 0 radical (unpaired) electrons. The second-order valence-corrected chi connectivity index (χ2v) is 3.92. The van der Waals surface area contributed by atoms with E-state index in [2.05, 4.69) is 12.2 Å². The highest BCUT2D eigenvalue weighted by Crippen LogP contribution is 2.18. The van der Waals surface area contributed by atoms with Crippen molar-refractivity contribution in [2.24, 2.45) is 5.73 Å². The van der Waals surface area contributed by atoms with Crippen LogP contribution in [0.25, 0.3) is 0 Å². The summed E-state index contributed by atoms with van der Waals surface area (Å²) >= 11 is 0. The Kier molecular flexibility index (Phi) is 4.22. The molecule has 13 heavy (non-hydrogen) atoms. The lowest BCUT2D eigenvalue weighted by Gasteiger charge is -2.20. The highest BCUT2D eigenvalue weighted by atomic mass is 16.1. The van der Waals surface area contributed by atoms with Gasteiger partial charge in [-0.25, -0.2) is 0 Å². The molecule has 0 heterocycles. The molecule has 0 aromatic carbocycles. The van der Waals surface area contributed by atoms with Crippen LogP contribution in [0.1, 0.15) is 45.4 Å². The van der Waals surface area contributed by atoms with E-state index in [4.69, 9.17) is 5.73 Å². The Hall–Kier alpha value is -0.570. The van der Waals surface area contributed by atoms with Crippen molar-refractivity contribution in [1.29, 1.82) is 0 Å². The van der Waals surface area contributed by atoms with Crippen LogP contribution in [0.15, 0.2) is 0 Å². The molecule has 1 aliphatic rings. The lowest BCUT2D eigenvalue weighted by molar-refractivity contribution is -0.118. The first-order valence-corrected chi connectivity index (χ1v) is 5.26. The predicted molar refractivity (Wildman–Crippen MR) is 53.3 cm³/mol. The van der Waals surface area contributed by atoms with Crippen LogP contribution in [-0.2, 0) is 4.79 Å². The maximum Gasteiger partial charge on any atom is 0.218 e. The fraction of sp³-hybridized carbons (Fsp3) is 0.900. The molecule has 1 fully saturated rings. The van der Waals surface area contributed by atoms with Crippen LogP contribution in [-0.4, -0.2) is 18.0 Å². The monoisotopic (exact) mass is 184 g/mol. The van der Waals surface area contributed by atoms with E-state index in [1.54, 1.807) is 0 Å². The second-order valence-electron chi connectivity index (χ2n) is 3.92. The summed E-state index contributed by atoms with van der Waals surface area (Å²) in [5.74, 6) is -0.197. The average molecular weight is 184 g/mol. The molecular weight excluding hydrogens is 164 g/mol. The molecule has 0 aromatic heterocycles. The largest absolute Gasteiger partial charge is 0.370 e. The number of carbonyl (C=O) groups is 1. The van der Waals surface area contributed by atoms with Crippen LogP contribution in [0, 0.1) is 0 Å². The van der Waals surface area contributed by atoms with Gasteiger partial charge in [0, 0.05) is 18.5 Å². The first kappa shape index (κ1) is 10.5. The van der Waals surface area contributed by atoms with E-state index in [-0.39, 0.29) is 5.91 Å². The first-order valence-electron chi connectivity index (χ1n) is 5.26. The van der Waals surface area contributed by atoms with Crippen molar-refractivity contribution < 1.29 is 4.79 Å². The first-order chi connectivity index (χ1) is 6.22.